The third kappa shape index (κ3) is 3.48. The van der Waals surface area contributed by atoms with Crippen molar-refractivity contribution in [2.75, 3.05) is 7.11 Å². The van der Waals surface area contributed by atoms with Gasteiger partial charge in [0.15, 0.2) is 0 Å². The van der Waals surface area contributed by atoms with Crippen LogP contribution in [0, 0.1) is 5.82 Å². The molecule has 0 aliphatic heterocycles. The molecule has 106 valence electrons. The van der Waals surface area contributed by atoms with Crippen molar-refractivity contribution in [2.45, 2.75) is 19.6 Å². The van der Waals surface area contributed by atoms with E-state index in [-0.39, 0.29) is 18.5 Å². The first-order valence-electron chi connectivity index (χ1n) is 6.41. The summed E-state index contributed by atoms with van der Waals surface area (Å²) in [4.78, 5) is 0. The molecule has 2 N–H and O–H groups in total. The molecule has 3 nitrogen and oxygen atoms in total. The molecule has 0 aromatic heterocycles. The van der Waals surface area contributed by atoms with Crippen LogP contribution < -0.4 is 15.2 Å². The molecule has 0 aliphatic rings. The van der Waals surface area contributed by atoms with E-state index in [4.69, 9.17) is 15.2 Å². The molecule has 0 spiro atoms. The maximum Gasteiger partial charge on any atom is 0.133 e. The van der Waals surface area contributed by atoms with E-state index in [1.807, 2.05) is 31.2 Å². The summed E-state index contributed by atoms with van der Waals surface area (Å²) < 4.78 is 24.2. The number of halogens is 1. The van der Waals surface area contributed by atoms with E-state index in [9.17, 15) is 4.39 Å². The molecule has 0 bridgehead atoms. The van der Waals surface area contributed by atoms with Crippen LogP contribution in [0.5, 0.6) is 11.5 Å². The summed E-state index contributed by atoms with van der Waals surface area (Å²) in [6.07, 6.45) is 0. The Hall–Kier alpha value is -2.07. The summed E-state index contributed by atoms with van der Waals surface area (Å²) in [7, 11) is 1.50. The molecular formula is C16H18FNO2. The van der Waals surface area contributed by atoms with E-state index < -0.39 is 0 Å². The van der Waals surface area contributed by atoms with Gasteiger partial charge < -0.3 is 15.2 Å². The van der Waals surface area contributed by atoms with Crippen molar-refractivity contribution in [3.8, 4) is 11.5 Å². The lowest BCUT2D eigenvalue weighted by atomic mass is 10.1. The number of hydrogen-bond donors (Lipinski definition) is 1. The van der Waals surface area contributed by atoms with E-state index in [2.05, 4.69) is 0 Å². The number of methoxy groups -OCH3 is 1. The summed E-state index contributed by atoms with van der Waals surface area (Å²) in [5.74, 6) is 0.841. The van der Waals surface area contributed by atoms with E-state index in [0.29, 0.717) is 17.1 Å². The van der Waals surface area contributed by atoms with Crippen LogP contribution in [0.25, 0.3) is 0 Å². The average Bonchev–Trinajstić information content (AvgIpc) is 2.46. The van der Waals surface area contributed by atoms with Crippen molar-refractivity contribution in [3.05, 3.63) is 59.4 Å². The maximum absolute atomic E-state index is 13.7. The number of nitrogens with two attached hydrogens (primary N) is 1. The Morgan fingerprint density at radius 1 is 1.10 bits per heavy atom. The van der Waals surface area contributed by atoms with Gasteiger partial charge in [-0.25, -0.2) is 4.39 Å². The lowest BCUT2D eigenvalue weighted by molar-refractivity contribution is 0.299. The smallest absolute Gasteiger partial charge is 0.133 e. The minimum absolute atomic E-state index is 0.0110. The van der Waals surface area contributed by atoms with E-state index in [0.717, 1.165) is 5.56 Å². The lowest BCUT2D eigenvalue weighted by Crippen LogP contribution is -2.04. The molecule has 0 heterocycles. The van der Waals surface area contributed by atoms with Crippen molar-refractivity contribution in [3.63, 3.8) is 0 Å². The second-order valence-corrected chi connectivity index (χ2v) is 4.60. The van der Waals surface area contributed by atoms with Crippen molar-refractivity contribution >= 4 is 0 Å². The van der Waals surface area contributed by atoms with Crippen LogP contribution in [-0.2, 0) is 6.61 Å². The number of benzene rings is 2. The topological polar surface area (TPSA) is 44.5 Å². The highest BCUT2D eigenvalue weighted by Gasteiger charge is 2.05. The Labute approximate surface area is 118 Å². The van der Waals surface area contributed by atoms with Crippen LogP contribution in [0.15, 0.2) is 42.5 Å². The fraction of sp³-hybridized carbons (Fsp3) is 0.250. The second-order valence-electron chi connectivity index (χ2n) is 4.60. The molecule has 2 aromatic carbocycles. The molecule has 0 amide bonds. The Kier molecular flexibility index (Phi) is 4.58. The van der Waals surface area contributed by atoms with Gasteiger partial charge in [0.25, 0.3) is 0 Å². The van der Waals surface area contributed by atoms with Crippen LogP contribution in [-0.4, -0.2) is 7.11 Å². The van der Waals surface area contributed by atoms with Crippen molar-refractivity contribution in [1.82, 2.24) is 0 Å². The second kappa shape index (κ2) is 6.39. The fourth-order valence-electron chi connectivity index (χ4n) is 1.80. The van der Waals surface area contributed by atoms with Crippen LogP contribution >= 0.6 is 0 Å². The van der Waals surface area contributed by atoms with Crippen LogP contribution in [0.3, 0.4) is 0 Å². The molecule has 0 fully saturated rings. The Bertz CT molecular complexity index is 567. The Morgan fingerprint density at radius 3 is 2.30 bits per heavy atom. The van der Waals surface area contributed by atoms with Gasteiger partial charge in [-0.1, -0.05) is 12.1 Å². The van der Waals surface area contributed by atoms with Crippen LogP contribution in [0.4, 0.5) is 4.39 Å². The summed E-state index contributed by atoms with van der Waals surface area (Å²) in [6.45, 7) is 2.09. The van der Waals surface area contributed by atoms with Crippen molar-refractivity contribution in [2.24, 2.45) is 5.73 Å². The molecule has 0 radical (unpaired) electrons. The zero-order valence-corrected chi connectivity index (χ0v) is 11.6. The van der Waals surface area contributed by atoms with Crippen LogP contribution in [0.1, 0.15) is 24.1 Å². The van der Waals surface area contributed by atoms with Gasteiger partial charge in [-0.15, -0.1) is 0 Å². The van der Waals surface area contributed by atoms with E-state index in [1.54, 1.807) is 12.1 Å². The molecule has 1 atom stereocenters. The number of rotatable bonds is 5. The third-order valence-corrected chi connectivity index (χ3v) is 3.06. The molecule has 0 unspecified atom stereocenters. The summed E-state index contributed by atoms with van der Waals surface area (Å²) in [6, 6.07) is 12.2. The lowest BCUT2D eigenvalue weighted by Gasteiger charge is -2.10. The van der Waals surface area contributed by atoms with E-state index >= 15 is 0 Å². The first-order chi connectivity index (χ1) is 9.60. The number of ether oxygens (including phenoxy) is 2. The zero-order chi connectivity index (χ0) is 14.5. The van der Waals surface area contributed by atoms with Gasteiger partial charge in [-0.2, -0.15) is 0 Å². The standard InChI is InChI=1S/C16H18FNO2/c1-11(18)12-3-6-14(7-4-12)20-10-13-5-8-15(19-2)9-16(13)17/h3-9,11H,10,18H2,1-2H3/t11-/m1/s1. The average molecular weight is 275 g/mol. The predicted octanol–water partition coefficient (Wildman–Crippen LogP) is 3.43. The predicted molar refractivity (Wildman–Crippen MR) is 76.3 cm³/mol. The van der Waals surface area contributed by atoms with Gasteiger partial charge in [0.05, 0.1) is 7.11 Å². The van der Waals surface area contributed by atoms with Gasteiger partial charge in [-0.05, 0) is 36.8 Å². The van der Waals surface area contributed by atoms with Crippen molar-refractivity contribution in [1.29, 1.82) is 0 Å². The highest BCUT2D eigenvalue weighted by Crippen LogP contribution is 2.20. The monoisotopic (exact) mass is 275 g/mol. The molecule has 20 heavy (non-hydrogen) atoms. The molecular weight excluding hydrogens is 257 g/mol. The Morgan fingerprint density at radius 2 is 1.75 bits per heavy atom. The van der Waals surface area contributed by atoms with Gasteiger partial charge >= 0.3 is 0 Å². The van der Waals surface area contributed by atoms with Gasteiger partial charge in [0, 0.05) is 17.7 Å². The SMILES string of the molecule is COc1ccc(COc2ccc([C@@H](C)N)cc2)c(F)c1. The molecule has 4 heteroatoms. The van der Waals surface area contributed by atoms with Gasteiger partial charge in [-0.3, -0.25) is 0 Å². The maximum atomic E-state index is 13.7. The minimum atomic E-state index is -0.337. The van der Waals surface area contributed by atoms with Crippen LogP contribution in [0.2, 0.25) is 0 Å². The largest absolute Gasteiger partial charge is 0.497 e. The van der Waals surface area contributed by atoms with Gasteiger partial charge in [0.2, 0.25) is 0 Å². The molecule has 0 saturated carbocycles. The zero-order valence-electron chi connectivity index (χ0n) is 11.6. The molecule has 2 aromatic rings. The first kappa shape index (κ1) is 14.3. The first-order valence-corrected chi connectivity index (χ1v) is 6.41. The molecule has 0 saturated heterocycles. The number of hydrogen-bond acceptors (Lipinski definition) is 3. The van der Waals surface area contributed by atoms with E-state index in [1.165, 1.54) is 13.2 Å². The Balaban J connectivity index is 2.01. The quantitative estimate of drug-likeness (QED) is 0.909. The van der Waals surface area contributed by atoms with Crippen molar-refractivity contribution < 1.29 is 13.9 Å². The minimum Gasteiger partial charge on any atom is -0.497 e. The third-order valence-electron chi connectivity index (χ3n) is 3.06. The highest BCUT2D eigenvalue weighted by molar-refractivity contribution is 5.31. The fourth-order valence-corrected chi connectivity index (χ4v) is 1.80. The van der Waals surface area contributed by atoms with Gasteiger partial charge in [0.1, 0.15) is 23.9 Å². The molecule has 0 aliphatic carbocycles. The normalized spacial score (nSPS) is 12.0. The summed E-state index contributed by atoms with van der Waals surface area (Å²) >= 11 is 0. The summed E-state index contributed by atoms with van der Waals surface area (Å²) in [5, 5.41) is 0. The summed E-state index contributed by atoms with van der Waals surface area (Å²) in [5.41, 5.74) is 7.30. The molecule has 2 rings (SSSR count). The highest BCUT2D eigenvalue weighted by atomic mass is 19.1.